The van der Waals surface area contributed by atoms with Crippen molar-refractivity contribution in [1.29, 1.82) is 0 Å². The maximum absolute atomic E-state index is 14.0. The lowest BCUT2D eigenvalue weighted by Gasteiger charge is -2.26. The van der Waals surface area contributed by atoms with Gasteiger partial charge in [-0.2, -0.15) is 15.1 Å². The average molecular weight is 621 g/mol. The van der Waals surface area contributed by atoms with E-state index in [2.05, 4.69) is 20.0 Å². The zero-order valence-electron chi connectivity index (χ0n) is 25.1. The van der Waals surface area contributed by atoms with E-state index in [1.54, 1.807) is 36.9 Å². The molecule has 3 unspecified atom stereocenters. The Morgan fingerprint density at radius 2 is 1.95 bits per heavy atom. The molecule has 0 amide bonds. The third-order valence-corrected chi connectivity index (χ3v) is 8.02. The van der Waals surface area contributed by atoms with E-state index in [1.807, 2.05) is 13.8 Å². The molecule has 1 aliphatic rings. The number of benzene rings is 1. The molecule has 3 heterocycles. The van der Waals surface area contributed by atoms with Gasteiger partial charge in [0.25, 0.3) is 0 Å². The van der Waals surface area contributed by atoms with E-state index in [0.717, 1.165) is 0 Å². The van der Waals surface area contributed by atoms with E-state index in [9.17, 15) is 14.2 Å². The minimum Gasteiger partial charge on any atom is -0.479 e. The molecule has 3 aromatic rings. The molecule has 0 bridgehead atoms. The number of nitrogen functional groups attached to an aromatic ring is 1. The monoisotopic (exact) mass is 620 g/mol. The van der Waals surface area contributed by atoms with Crippen molar-refractivity contribution in [3.05, 3.63) is 30.6 Å². The second kappa shape index (κ2) is 12.8. The molecular weight excluding hydrogens is 583 g/mol. The predicted octanol–water partition coefficient (Wildman–Crippen LogP) is 3.79. The van der Waals surface area contributed by atoms with E-state index >= 15 is 0 Å². The first-order valence-electron chi connectivity index (χ1n) is 13.6. The number of ether oxygens (including phenoxy) is 4. The Hall–Kier alpha value is -3.78. The third kappa shape index (κ3) is 7.79. The minimum atomic E-state index is -4.22. The zero-order chi connectivity index (χ0) is 31.5. The summed E-state index contributed by atoms with van der Waals surface area (Å²) in [6, 6.07) is 4.95. The molecule has 0 spiro atoms. The molecule has 4 atom stereocenters. The maximum atomic E-state index is 14.0. The first kappa shape index (κ1) is 32.1. The molecular formula is C27H37N6O9P. The van der Waals surface area contributed by atoms with Gasteiger partial charge < -0.3 is 29.2 Å². The van der Waals surface area contributed by atoms with E-state index in [-0.39, 0.29) is 36.0 Å². The number of hydrogen-bond donors (Lipinski definition) is 2. The van der Waals surface area contributed by atoms with Crippen LogP contribution in [0.1, 0.15) is 54.2 Å². The number of nitrogens with two attached hydrogens (primary N) is 1. The van der Waals surface area contributed by atoms with Crippen molar-refractivity contribution < 1.29 is 42.1 Å². The molecule has 15 nitrogen and oxygen atoms in total. The van der Waals surface area contributed by atoms with Crippen LogP contribution in [0.25, 0.3) is 11.2 Å². The number of nitrogens with zero attached hydrogens (tertiary/aromatic N) is 4. The summed E-state index contributed by atoms with van der Waals surface area (Å²) in [6.45, 7) is 9.99. The second-order valence-corrected chi connectivity index (χ2v) is 12.7. The van der Waals surface area contributed by atoms with Gasteiger partial charge in [0.15, 0.2) is 11.2 Å². The van der Waals surface area contributed by atoms with Crippen LogP contribution < -0.4 is 24.8 Å². The number of fused-ring (bicyclic) bond motifs is 1. The van der Waals surface area contributed by atoms with Gasteiger partial charge in [0.1, 0.15) is 23.8 Å². The number of aromatic nitrogens is 4. The van der Waals surface area contributed by atoms with Crippen molar-refractivity contribution >= 4 is 36.8 Å². The van der Waals surface area contributed by atoms with Crippen LogP contribution in [0.3, 0.4) is 0 Å². The lowest BCUT2D eigenvalue weighted by molar-refractivity contribution is -0.149. The van der Waals surface area contributed by atoms with Gasteiger partial charge in [0, 0.05) is 18.4 Å². The Morgan fingerprint density at radius 3 is 2.63 bits per heavy atom. The Bertz CT molecular complexity index is 1530. The normalized spacial score (nSPS) is 20.0. The molecule has 1 aliphatic heterocycles. The van der Waals surface area contributed by atoms with Gasteiger partial charge in [-0.15, -0.1) is 0 Å². The van der Waals surface area contributed by atoms with Gasteiger partial charge in [-0.1, -0.05) is 19.9 Å². The molecule has 234 valence electrons. The average Bonchev–Trinajstić information content (AvgIpc) is 3.45. The van der Waals surface area contributed by atoms with Crippen molar-refractivity contribution in [3.8, 4) is 17.4 Å². The van der Waals surface area contributed by atoms with Gasteiger partial charge >= 0.3 is 19.7 Å². The first-order valence-corrected chi connectivity index (χ1v) is 15.1. The minimum absolute atomic E-state index is 0.0221. The summed E-state index contributed by atoms with van der Waals surface area (Å²) in [6.07, 6.45) is 0.609. The molecule has 4 rings (SSSR count). The summed E-state index contributed by atoms with van der Waals surface area (Å²) < 4.78 is 49.4. The lowest BCUT2D eigenvalue weighted by atomic mass is 9.87. The van der Waals surface area contributed by atoms with Crippen molar-refractivity contribution in [2.75, 3.05) is 19.5 Å². The number of carbonyl (C=O) groups excluding carboxylic acids is 2. The molecule has 0 aliphatic carbocycles. The van der Waals surface area contributed by atoms with Crippen molar-refractivity contribution in [3.63, 3.8) is 0 Å². The van der Waals surface area contributed by atoms with Crippen molar-refractivity contribution in [2.24, 2.45) is 5.41 Å². The summed E-state index contributed by atoms with van der Waals surface area (Å²) in [7, 11) is -2.76. The van der Waals surface area contributed by atoms with E-state index in [1.165, 1.54) is 33.1 Å². The molecule has 0 saturated carbocycles. The molecule has 1 aromatic carbocycles. The first-order chi connectivity index (χ1) is 20.2. The largest absolute Gasteiger partial charge is 0.479 e. The maximum Gasteiger partial charge on any atom is 0.459 e. The van der Waals surface area contributed by atoms with Crippen LogP contribution in [0.5, 0.6) is 17.4 Å². The molecule has 1 saturated heterocycles. The number of esters is 2. The fourth-order valence-corrected chi connectivity index (χ4v) is 6.17. The summed E-state index contributed by atoms with van der Waals surface area (Å²) in [4.78, 5) is 36.7. The van der Waals surface area contributed by atoms with Crippen LogP contribution in [0.2, 0.25) is 0 Å². The summed E-state index contributed by atoms with van der Waals surface area (Å²) in [5.41, 5.74) is 6.30. The molecule has 16 heteroatoms. The Balaban J connectivity index is 1.55. The third-order valence-electron chi connectivity index (χ3n) is 6.38. The highest BCUT2D eigenvalue weighted by molar-refractivity contribution is 7.52. The highest BCUT2D eigenvalue weighted by atomic mass is 31.2. The number of methoxy groups -OCH3 is 1. The smallest absolute Gasteiger partial charge is 0.459 e. The van der Waals surface area contributed by atoms with Crippen molar-refractivity contribution in [2.45, 2.75) is 72.4 Å². The summed E-state index contributed by atoms with van der Waals surface area (Å²) >= 11 is 0. The van der Waals surface area contributed by atoms with Crippen LogP contribution in [0.4, 0.5) is 5.95 Å². The van der Waals surface area contributed by atoms with E-state index < -0.39 is 43.5 Å². The van der Waals surface area contributed by atoms with E-state index in [4.69, 9.17) is 33.7 Å². The molecule has 2 aromatic heterocycles. The standard InChI is InChI=1S/C27H37N6O9P/c1-15(2)39-24(35)16(3)32-43(36,42-19-10-8-9-18(11-19)40-17(4)34)38-13-20-12-27(5,6)25(41-20)33-14-29-21-22(33)30-26(28)31-23(21)37-7/h8-11,14-16,20,25H,12-13H2,1-7H3,(H,32,36)(H2,28,30,31)/t16-,20?,25?,43?/m0/s1. The number of imidazole rings is 1. The van der Waals surface area contributed by atoms with Crippen LogP contribution in [-0.2, 0) is 28.2 Å². The Morgan fingerprint density at radius 1 is 1.23 bits per heavy atom. The predicted molar refractivity (Wildman–Crippen MR) is 154 cm³/mol. The van der Waals surface area contributed by atoms with Crippen LogP contribution in [0.15, 0.2) is 30.6 Å². The van der Waals surface area contributed by atoms with E-state index in [0.29, 0.717) is 17.6 Å². The highest BCUT2D eigenvalue weighted by Gasteiger charge is 2.45. The van der Waals surface area contributed by atoms with Gasteiger partial charge in [0.2, 0.25) is 11.8 Å². The fraction of sp³-hybridized carbons (Fsp3) is 0.519. The van der Waals surface area contributed by atoms with Crippen LogP contribution >= 0.6 is 7.75 Å². The summed E-state index contributed by atoms with van der Waals surface area (Å²) in [5.74, 6) is -0.647. The fourth-order valence-electron chi connectivity index (χ4n) is 4.66. The van der Waals surface area contributed by atoms with Crippen molar-refractivity contribution in [1.82, 2.24) is 24.6 Å². The van der Waals surface area contributed by atoms with Gasteiger partial charge in [-0.25, -0.2) is 9.55 Å². The number of carbonyl (C=O) groups is 2. The Labute approximate surface area is 248 Å². The van der Waals surface area contributed by atoms with Gasteiger partial charge in [-0.05, 0) is 39.3 Å². The lowest BCUT2D eigenvalue weighted by Crippen LogP contribution is -2.36. The molecule has 43 heavy (non-hydrogen) atoms. The number of rotatable bonds is 12. The number of nitrogens with one attached hydrogen (secondary N) is 1. The number of hydrogen-bond acceptors (Lipinski definition) is 13. The topological polar surface area (TPSA) is 188 Å². The molecule has 0 radical (unpaired) electrons. The van der Waals surface area contributed by atoms with Crippen LogP contribution in [-0.4, -0.2) is 63.4 Å². The zero-order valence-corrected chi connectivity index (χ0v) is 26.0. The molecule has 3 N–H and O–H groups in total. The van der Waals surface area contributed by atoms with Crippen LogP contribution in [0, 0.1) is 5.41 Å². The Kier molecular flexibility index (Phi) is 9.60. The number of anilines is 1. The second-order valence-electron chi connectivity index (χ2n) is 11.0. The summed E-state index contributed by atoms with van der Waals surface area (Å²) in [5, 5.41) is 2.65. The SMILES string of the molecule is COc1nc(N)nc2c1ncn2C1OC(COP(=O)(N[C@@H](C)C(=O)OC(C)C)Oc2cccc(OC(C)=O)c2)CC1(C)C. The van der Waals surface area contributed by atoms with Gasteiger partial charge in [-0.3, -0.25) is 18.7 Å². The van der Waals surface area contributed by atoms with Gasteiger partial charge in [0.05, 0.1) is 32.3 Å². The quantitative estimate of drug-likeness (QED) is 0.169. The highest BCUT2D eigenvalue weighted by Crippen LogP contribution is 2.49. The molecule has 1 fully saturated rings.